The van der Waals surface area contributed by atoms with Crippen molar-refractivity contribution in [1.29, 1.82) is 0 Å². The van der Waals surface area contributed by atoms with Crippen LogP contribution in [0.15, 0.2) is 48.5 Å². The van der Waals surface area contributed by atoms with Gasteiger partial charge in [0, 0.05) is 41.6 Å². The Hall–Kier alpha value is -2.76. The Morgan fingerprint density at radius 3 is 2.55 bits per heavy atom. The quantitative estimate of drug-likeness (QED) is 0.557. The van der Waals surface area contributed by atoms with E-state index in [2.05, 4.69) is 5.32 Å². The summed E-state index contributed by atoms with van der Waals surface area (Å²) in [7, 11) is 1.64. The third-order valence-corrected chi connectivity index (χ3v) is 5.54. The molecular formula is C23H25ClN2O3. The molecule has 0 spiro atoms. The SMILES string of the molecule is COc1cccc(CNCc2c(C(=O)O)c(C)n(Cc3ccccc3Cl)c2C)c1. The largest absolute Gasteiger partial charge is 0.497 e. The third kappa shape index (κ3) is 4.63. The topological polar surface area (TPSA) is 63.5 Å². The lowest BCUT2D eigenvalue weighted by Gasteiger charge is -2.11. The van der Waals surface area contributed by atoms with E-state index in [4.69, 9.17) is 16.3 Å². The lowest BCUT2D eigenvalue weighted by Crippen LogP contribution is -2.15. The van der Waals surface area contributed by atoms with Gasteiger partial charge < -0.3 is 19.7 Å². The van der Waals surface area contributed by atoms with Gasteiger partial charge in [-0.3, -0.25) is 0 Å². The molecule has 0 amide bonds. The van der Waals surface area contributed by atoms with Gasteiger partial charge in [-0.2, -0.15) is 0 Å². The highest BCUT2D eigenvalue weighted by atomic mass is 35.5. The van der Waals surface area contributed by atoms with Gasteiger partial charge in [-0.05, 0) is 43.2 Å². The number of carboxylic acids is 1. The molecule has 0 saturated heterocycles. The van der Waals surface area contributed by atoms with Crippen LogP contribution < -0.4 is 10.1 Å². The van der Waals surface area contributed by atoms with Gasteiger partial charge in [0.15, 0.2) is 0 Å². The number of nitrogens with zero attached hydrogens (tertiary/aromatic N) is 1. The summed E-state index contributed by atoms with van der Waals surface area (Å²) in [6, 6.07) is 15.4. The van der Waals surface area contributed by atoms with Gasteiger partial charge in [-0.25, -0.2) is 4.79 Å². The van der Waals surface area contributed by atoms with E-state index in [1.165, 1.54) is 0 Å². The summed E-state index contributed by atoms with van der Waals surface area (Å²) in [6.45, 7) is 5.41. The molecule has 0 aliphatic heterocycles. The standard InChI is InChI=1S/C23H25ClN2O3/c1-15-20(13-25-12-17-7-6-9-19(11-17)29-3)22(23(27)28)16(2)26(15)14-18-8-4-5-10-21(18)24/h4-11,25H,12-14H2,1-3H3,(H,27,28). The number of carbonyl (C=O) groups is 1. The number of aromatic nitrogens is 1. The van der Waals surface area contributed by atoms with Crippen LogP contribution in [-0.4, -0.2) is 22.8 Å². The summed E-state index contributed by atoms with van der Waals surface area (Å²) in [5, 5.41) is 13.8. The molecule has 0 unspecified atom stereocenters. The fourth-order valence-electron chi connectivity index (χ4n) is 3.60. The van der Waals surface area contributed by atoms with Crippen molar-refractivity contribution in [2.75, 3.05) is 7.11 Å². The number of methoxy groups -OCH3 is 1. The first-order chi connectivity index (χ1) is 13.9. The smallest absolute Gasteiger partial charge is 0.337 e. The molecular weight excluding hydrogens is 388 g/mol. The third-order valence-electron chi connectivity index (χ3n) is 5.18. The van der Waals surface area contributed by atoms with Crippen LogP contribution in [0, 0.1) is 13.8 Å². The second-order valence-electron chi connectivity index (χ2n) is 6.96. The molecule has 2 aromatic carbocycles. The Labute approximate surface area is 175 Å². The monoisotopic (exact) mass is 412 g/mol. The molecule has 0 aliphatic carbocycles. The van der Waals surface area contributed by atoms with Crippen molar-refractivity contribution in [1.82, 2.24) is 9.88 Å². The molecule has 5 nitrogen and oxygen atoms in total. The number of rotatable bonds is 8. The van der Waals surface area contributed by atoms with Crippen LogP contribution in [0.3, 0.4) is 0 Å². The van der Waals surface area contributed by atoms with E-state index in [-0.39, 0.29) is 0 Å². The van der Waals surface area contributed by atoms with Crippen LogP contribution >= 0.6 is 11.6 Å². The maximum Gasteiger partial charge on any atom is 0.337 e. The first kappa shape index (κ1) is 21.0. The van der Waals surface area contributed by atoms with E-state index in [0.717, 1.165) is 33.8 Å². The number of aromatic carboxylic acids is 1. The van der Waals surface area contributed by atoms with Crippen molar-refractivity contribution in [3.05, 3.63) is 87.2 Å². The van der Waals surface area contributed by atoms with E-state index in [0.29, 0.717) is 30.2 Å². The summed E-state index contributed by atoms with van der Waals surface area (Å²) in [5.74, 6) is -0.116. The average molecular weight is 413 g/mol. The predicted molar refractivity (Wildman–Crippen MR) is 115 cm³/mol. The molecule has 0 atom stereocenters. The van der Waals surface area contributed by atoms with Gasteiger partial charge in [0.2, 0.25) is 0 Å². The van der Waals surface area contributed by atoms with Crippen molar-refractivity contribution >= 4 is 17.6 Å². The number of hydrogen-bond acceptors (Lipinski definition) is 3. The highest BCUT2D eigenvalue weighted by molar-refractivity contribution is 6.31. The fraction of sp³-hybridized carbons (Fsp3) is 0.261. The lowest BCUT2D eigenvalue weighted by atomic mass is 10.1. The molecule has 3 aromatic rings. The maximum atomic E-state index is 12.0. The van der Waals surface area contributed by atoms with E-state index in [1.807, 2.05) is 66.9 Å². The molecule has 1 heterocycles. The highest BCUT2D eigenvalue weighted by Crippen LogP contribution is 2.26. The molecule has 0 aliphatic rings. The Balaban J connectivity index is 1.84. The van der Waals surface area contributed by atoms with Crippen LogP contribution in [-0.2, 0) is 19.6 Å². The van der Waals surface area contributed by atoms with Crippen molar-refractivity contribution < 1.29 is 14.6 Å². The lowest BCUT2D eigenvalue weighted by molar-refractivity contribution is 0.0694. The molecule has 0 radical (unpaired) electrons. The predicted octanol–water partition coefficient (Wildman–Crippen LogP) is 4.80. The average Bonchev–Trinajstić information content (AvgIpc) is 2.94. The molecule has 0 bridgehead atoms. The Morgan fingerprint density at radius 1 is 1.10 bits per heavy atom. The van der Waals surface area contributed by atoms with E-state index < -0.39 is 5.97 Å². The molecule has 0 fully saturated rings. The van der Waals surface area contributed by atoms with Crippen LogP contribution in [0.25, 0.3) is 0 Å². The van der Waals surface area contributed by atoms with E-state index in [9.17, 15) is 9.90 Å². The van der Waals surface area contributed by atoms with Gasteiger partial charge in [-0.1, -0.05) is 41.9 Å². The minimum Gasteiger partial charge on any atom is -0.497 e. The van der Waals surface area contributed by atoms with Gasteiger partial charge in [0.05, 0.1) is 12.7 Å². The number of carboxylic acid groups (broad SMARTS) is 1. The first-order valence-electron chi connectivity index (χ1n) is 9.41. The van der Waals surface area contributed by atoms with Crippen LogP contribution in [0.2, 0.25) is 5.02 Å². The highest BCUT2D eigenvalue weighted by Gasteiger charge is 2.22. The maximum absolute atomic E-state index is 12.0. The Bertz CT molecular complexity index is 1030. The number of ether oxygens (including phenoxy) is 1. The van der Waals surface area contributed by atoms with Crippen molar-refractivity contribution in [2.45, 2.75) is 33.5 Å². The van der Waals surface area contributed by atoms with Crippen molar-refractivity contribution in [2.24, 2.45) is 0 Å². The molecule has 152 valence electrons. The first-order valence-corrected chi connectivity index (χ1v) is 9.79. The van der Waals surface area contributed by atoms with Crippen LogP contribution in [0.1, 0.15) is 38.4 Å². The van der Waals surface area contributed by atoms with Gasteiger partial charge in [0.1, 0.15) is 5.75 Å². The van der Waals surface area contributed by atoms with Gasteiger partial charge in [-0.15, -0.1) is 0 Å². The zero-order valence-corrected chi connectivity index (χ0v) is 17.6. The van der Waals surface area contributed by atoms with E-state index in [1.54, 1.807) is 7.11 Å². The minimum atomic E-state index is -0.915. The fourth-order valence-corrected chi connectivity index (χ4v) is 3.79. The molecule has 6 heteroatoms. The Morgan fingerprint density at radius 2 is 1.86 bits per heavy atom. The van der Waals surface area contributed by atoms with E-state index >= 15 is 0 Å². The number of benzene rings is 2. The second-order valence-corrected chi connectivity index (χ2v) is 7.37. The molecule has 2 N–H and O–H groups in total. The zero-order valence-electron chi connectivity index (χ0n) is 16.8. The van der Waals surface area contributed by atoms with Crippen LogP contribution in [0.4, 0.5) is 0 Å². The normalized spacial score (nSPS) is 10.9. The zero-order chi connectivity index (χ0) is 21.0. The summed E-state index contributed by atoms with van der Waals surface area (Å²) >= 11 is 6.31. The Kier molecular flexibility index (Phi) is 6.62. The summed E-state index contributed by atoms with van der Waals surface area (Å²) in [6.07, 6.45) is 0. The molecule has 0 saturated carbocycles. The van der Waals surface area contributed by atoms with Crippen molar-refractivity contribution in [3.63, 3.8) is 0 Å². The van der Waals surface area contributed by atoms with Gasteiger partial charge >= 0.3 is 5.97 Å². The molecule has 1 aromatic heterocycles. The van der Waals surface area contributed by atoms with Gasteiger partial charge in [0.25, 0.3) is 0 Å². The van der Waals surface area contributed by atoms with Crippen molar-refractivity contribution in [3.8, 4) is 5.75 Å². The summed E-state index contributed by atoms with van der Waals surface area (Å²) in [4.78, 5) is 12.0. The second kappa shape index (κ2) is 9.16. The number of hydrogen-bond donors (Lipinski definition) is 2. The number of halogens is 1. The minimum absolute atomic E-state index is 0.354. The number of nitrogens with one attached hydrogen (secondary N) is 1. The summed E-state index contributed by atoms with van der Waals surface area (Å²) in [5.41, 5.74) is 4.85. The van der Waals surface area contributed by atoms with Crippen LogP contribution in [0.5, 0.6) is 5.75 Å². The molecule has 3 rings (SSSR count). The summed E-state index contributed by atoms with van der Waals surface area (Å²) < 4.78 is 7.28. The molecule has 29 heavy (non-hydrogen) atoms.